The molecule has 2 aromatic carbocycles. The molecule has 0 spiro atoms. The van der Waals surface area contributed by atoms with E-state index in [1.807, 2.05) is 68.6 Å². The summed E-state index contributed by atoms with van der Waals surface area (Å²) in [5.41, 5.74) is 3.51. The number of piperidine rings is 1. The fourth-order valence-electron chi connectivity index (χ4n) is 4.92. The van der Waals surface area contributed by atoms with Crippen molar-refractivity contribution in [1.29, 1.82) is 0 Å². The zero-order valence-electron chi connectivity index (χ0n) is 19.4. The lowest BCUT2D eigenvalue weighted by molar-refractivity contribution is -0.112. The number of fused-ring (bicyclic) bond motifs is 1. The molecule has 7 nitrogen and oxygen atoms in total. The van der Waals surface area contributed by atoms with Crippen LogP contribution in [0.4, 0.5) is 11.4 Å². The summed E-state index contributed by atoms with van der Waals surface area (Å²) in [4.78, 5) is 35.8. The van der Waals surface area contributed by atoms with Crippen LogP contribution in [0.2, 0.25) is 0 Å². The summed E-state index contributed by atoms with van der Waals surface area (Å²) in [5.74, 6) is 0.478. The zero-order chi connectivity index (χ0) is 23.1. The van der Waals surface area contributed by atoms with E-state index in [1.165, 1.54) is 6.42 Å². The number of nitrogens with zero attached hydrogens (tertiary/aromatic N) is 5. The molecule has 1 fully saturated rings. The van der Waals surface area contributed by atoms with Gasteiger partial charge in [-0.3, -0.25) is 24.1 Å². The van der Waals surface area contributed by atoms with E-state index >= 15 is 0 Å². The Morgan fingerprint density at radius 3 is 2.52 bits per heavy atom. The SMILES string of the molecule is Cc1c(N=C2C(=O)N(CN3CCC[C@@H](C)C3)c3ccccc32)c(=O)n(-c2ccccc2)n1C. The Morgan fingerprint density at radius 2 is 1.76 bits per heavy atom. The molecule has 170 valence electrons. The molecule has 2 aliphatic rings. The number of benzene rings is 2. The van der Waals surface area contributed by atoms with Crippen LogP contribution >= 0.6 is 0 Å². The summed E-state index contributed by atoms with van der Waals surface area (Å²) in [6.07, 6.45) is 2.38. The summed E-state index contributed by atoms with van der Waals surface area (Å²) < 4.78 is 3.38. The third-order valence-corrected chi connectivity index (χ3v) is 6.73. The molecule has 1 atom stereocenters. The third-order valence-electron chi connectivity index (χ3n) is 6.73. The minimum absolute atomic E-state index is 0.150. The van der Waals surface area contributed by atoms with Gasteiger partial charge in [0.15, 0.2) is 5.69 Å². The molecule has 33 heavy (non-hydrogen) atoms. The largest absolute Gasteiger partial charge is 0.297 e. The van der Waals surface area contributed by atoms with Gasteiger partial charge in [0.05, 0.1) is 23.7 Å². The Hall–Kier alpha value is -3.45. The number of anilines is 1. The standard InChI is InChI=1S/C26H29N5O2/c1-18-10-9-15-29(16-18)17-30-22-14-8-7-13-21(22)24(25(30)32)27-23-19(2)28(3)31(26(23)33)20-11-5-4-6-12-20/h4-8,11-14,18H,9-10,15-17H2,1-3H3/t18-/m1/s1. The summed E-state index contributed by atoms with van der Waals surface area (Å²) in [6.45, 7) is 6.63. The second-order valence-corrected chi connectivity index (χ2v) is 9.09. The van der Waals surface area contributed by atoms with Crippen molar-refractivity contribution < 1.29 is 4.79 Å². The van der Waals surface area contributed by atoms with E-state index in [9.17, 15) is 9.59 Å². The average Bonchev–Trinajstić information content (AvgIpc) is 3.20. The van der Waals surface area contributed by atoms with Crippen molar-refractivity contribution in [3.8, 4) is 5.69 Å². The zero-order valence-corrected chi connectivity index (χ0v) is 19.4. The highest BCUT2D eigenvalue weighted by atomic mass is 16.2. The molecule has 3 heterocycles. The molecule has 3 aromatic rings. The van der Waals surface area contributed by atoms with E-state index in [0.717, 1.165) is 36.4 Å². The highest BCUT2D eigenvalue weighted by Gasteiger charge is 2.36. The van der Waals surface area contributed by atoms with Gasteiger partial charge in [-0.15, -0.1) is 0 Å². The number of aromatic nitrogens is 2. The second-order valence-electron chi connectivity index (χ2n) is 9.09. The van der Waals surface area contributed by atoms with E-state index < -0.39 is 0 Å². The molecule has 0 N–H and O–H groups in total. The van der Waals surface area contributed by atoms with Gasteiger partial charge in [0, 0.05) is 19.2 Å². The number of hydrogen-bond acceptors (Lipinski definition) is 4. The summed E-state index contributed by atoms with van der Waals surface area (Å²) in [6, 6.07) is 17.2. The first-order valence-electron chi connectivity index (χ1n) is 11.5. The van der Waals surface area contributed by atoms with Crippen molar-refractivity contribution in [3.63, 3.8) is 0 Å². The van der Waals surface area contributed by atoms with Crippen LogP contribution in [0.5, 0.6) is 0 Å². The first-order chi connectivity index (χ1) is 16.0. The van der Waals surface area contributed by atoms with Crippen molar-refractivity contribution in [2.75, 3.05) is 24.7 Å². The number of carbonyl (C=O) groups is 1. The highest BCUT2D eigenvalue weighted by molar-refractivity contribution is 6.54. The summed E-state index contributed by atoms with van der Waals surface area (Å²) in [5, 5.41) is 0. The molecule has 0 unspecified atom stereocenters. The molecule has 0 aliphatic carbocycles. The maximum absolute atomic E-state index is 13.6. The molecule has 0 radical (unpaired) electrons. The van der Waals surface area contributed by atoms with E-state index in [2.05, 4.69) is 11.8 Å². The van der Waals surface area contributed by atoms with Crippen LogP contribution in [0.25, 0.3) is 5.69 Å². The van der Waals surface area contributed by atoms with Crippen molar-refractivity contribution in [1.82, 2.24) is 14.3 Å². The first-order valence-corrected chi connectivity index (χ1v) is 11.5. The maximum Gasteiger partial charge on any atom is 0.297 e. The number of aliphatic imine (C=N–C) groups is 1. The number of amides is 1. The average molecular weight is 444 g/mol. The highest BCUT2D eigenvalue weighted by Crippen LogP contribution is 2.32. The third kappa shape index (κ3) is 3.72. The first kappa shape index (κ1) is 21.4. The van der Waals surface area contributed by atoms with Gasteiger partial charge in [-0.25, -0.2) is 9.67 Å². The minimum Gasteiger partial charge on any atom is -0.293 e. The summed E-state index contributed by atoms with van der Waals surface area (Å²) >= 11 is 0. The van der Waals surface area contributed by atoms with E-state index in [-0.39, 0.29) is 11.5 Å². The number of para-hydroxylation sites is 2. The molecule has 2 aliphatic heterocycles. The Morgan fingerprint density at radius 1 is 1.03 bits per heavy atom. The predicted octanol–water partition coefficient (Wildman–Crippen LogP) is 3.64. The number of likely N-dealkylation sites (tertiary alicyclic amines) is 1. The number of carbonyl (C=O) groups excluding carboxylic acids is 1. The lowest BCUT2D eigenvalue weighted by Crippen LogP contribution is -2.45. The van der Waals surface area contributed by atoms with E-state index in [4.69, 9.17) is 4.99 Å². The quantitative estimate of drug-likeness (QED) is 0.619. The monoisotopic (exact) mass is 443 g/mol. The molecule has 0 bridgehead atoms. The van der Waals surface area contributed by atoms with Crippen molar-refractivity contribution >= 4 is 23.0 Å². The van der Waals surface area contributed by atoms with Gasteiger partial charge < -0.3 is 0 Å². The molecule has 5 rings (SSSR count). The van der Waals surface area contributed by atoms with Crippen molar-refractivity contribution in [2.24, 2.45) is 18.0 Å². The predicted molar refractivity (Wildman–Crippen MR) is 131 cm³/mol. The van der Waals surface area contributed by atoms with Gasteiger partial charge in [-0.1, -0.05) is 43.3 Å². The van der Waals surface area contributed by atoms with Crippen LogP contribution in [0, 0.1) is 12.8 Å². The topological polar surface area (TPSA) is 62.8 Å². The van der Waals surface area contributed by atoms with Crippen LogP contribution in [-0.2, 0) is 11.8 Å². The molecule has 1 saturated heterocycles. The van der Waals surface area contributed by atoms with Crippen LogP contribution in [-0.4, -0.2) is 45.6 Å². The Labute approximate surface area is 193 Å². The fraction of sp³-hybridized carbons (Fsp3) is 0.346. The van der Waals surface area contributed by atoms with Crippen molar-refractivity contribution in [2.45, 2.75) is 26.7 Å². The second kappa shape index (κ2) is 8.48. The van der Waals surface area contributed by atoms with E-state index in [0.29, 0.717) is 29.7 Å². The van der Waals surface area contributed by atoms with Gasteiger partial charge in [0.2, 0.25) is 0 Å². The molecule has 7 heteroatoms. The van der Waals surface area contributed by atoms with Gasteiger partial charge >= 0.3 is 0 Å². The fourth-order valence-corrected chi connectivity index (χ4v) is 4.92. The van der Waals surface area contributed by atoms with E-state index in [1.54, 1.807) is 14.3 Å². The van der Waals surface area contributed by atoms with Crippen LogP contribution in [0.15, 0.2) is 64.4 Å². The van der Waals surface area contributed by atoms with Crippen LogP contribution in [0.3, 0.4) is 0 Å². The van der Waals surface area contributed by atoms with Gasteiger partial charge in [0.25, 0.3) is 11.5 Å². The minimum atomic E-state index is -0.234. The maximum atomic E-state index is 13.6. The Bertz CT molecular complexity index is 1290. The normalized spacial score (nSPS) is 20.0. The summed E-state index contributed by atoms with van der Waals surface area (Å²) in [7, 11) is 1.83. The molecular formula is C26H29N5O2. The van der Waals surface area contributed by atoms with Crippen molar-refractivity contribution in [3.05, 3.63) is 76.2 Å². The van der Waals surface area contributed by atoms with Gasteiger partial charge in [-0.2, -0.15) is 0 Å². The number of hydrogen-bond donors (Lipinski definition) is 0. The molecular weight excluding hydrogens is 414 g/mol. The molecule has 0 saturated carbocycles. The Balaban J connectivity index is 1.56. The lowest BCUT2D eigenvalue weighted by Gasteiger charge is -2.33. The smallest absolute Gasteiger partial charge is 0.293 e. The van der Waals surface area contributed by atoms with Crippen LogP contribution < -0.4 is 10.5 Å². The molecule has 1 aromatic heterocycles. The van der Waals surface area contributed by atoms with Crippen LogP contribution in [0.1, 0.15) is 31.0 Å². The molecule has 1 amide bonds. The van der Waals surface area contributed by atoms with Gasteiger partial charge in [0.1, 0.15) is 5.71 Å². The van der Waals surface area contributed by atoms with Gasteiger partial charge in [-0.05, 0) is 50.4 Å². The number of rotatable bonds is 4. The lowest BCUT2D eigenvalue weighted by atomic mass is 10.0. The Kier molecular flexibility index (Phi) is 5.50.